The van der Waals surface area contributed by atoms with Gasteiger partial charge in [0, 0.05) is 39.5 Å². The molecule has 1 aromatic heterocycles. The van der Waals surface area contributed by atoms with E-state index in [2.05, 4.69) is 20.2 Å². The zero-order valence-corrected chi connectivity index (χ0v) is 11.1. The Labute approximate surface area is 109 Å². The molecular formula is C13H22N4O. The summed E-state index contributed by atoms with van der Waals surface area (Å²) >= 11 is 0. The molecule has 1 fully saturated rings. The van der Waals surface area contributed by atoms with Crippen molar-refractivity contribution in [1.82, 2.24) is 9.97 Å². The second-order valence-electron chi connectivity index (χ2n) is 4.56. The van der Waals surface area contributed by atoms with Crippen LogP contribution in [0.4, 0.5) is 11.8 Å². The highest BCUT2D eigenvalue weighted by Crippen LogP contribution is 2.17. The SMILES string of the molecule is COCCCNc1nccc(N2CCCCC2)n1. The first-order chi connectivity index (χ1) is 8.90. The van der Waals surface area contributed by atoms with E-state index in [1.807, 2.05) is 12.3 Å². The molecule has 0 aliphatic carbocycles. The zero-order chi connectivity index (χ0) is 12.6. The smallest absolute Gasteiger partial charge is 0.224 e. The van der Waals surface area contributed by atoms with Crippen LogP contribution < -0.4 is 10.2 Å². The second-order valence-corrected chi connectivity index (χ2v) is 4.56. The van der Waals surface area contributed by atoms with Crippen LogP contribution in [0, 0.1) is 0 Å². The fourth-order valence-electron chi connectivity index (χ4n) is 2.15. The van der Waals surface area contributed by atoms with Crippen molar-refractivity contribution in [3.8, 4) is 0 Å². The lowest BCUT2D eigenvalue weighted by Gasteiger charge is -2.27. The number of aromatic nitrogens is 2. The molecule has 0 saturated carbocycles. The van der Waals surface area contributed by atoms with E-state index >= 15 is 0 Å². The van der Waals surface area contributed by atoms with Crippen molar-refractivity contribution in [2.24, 2.45) is 0 Å². The second kappa shape index (κ2) is 7.16. The maximum absolute atomic E-state index is 5.01. The van der Waals surface area contributed by atoms with Gasteiger partial charge in [0.1, 0.15) is 5.82 Å². The molecule has 1 aliphatic rings. The minimum Gasteiger partial charge on any atom is -0.385 e. The Kier molecular flexibility index (Phi) is 5.20. The van der Waals surface area contributed by atoms with Gasteiger partial charge in [-0.2, -0.15) is 4.98 Å². The van der Waals surface area contributed by atoms with Crippen LogP contribution in [0.5, 0.6) is 0 Å². The first kappa shape index (κ1) is 13.1. The summed E-state index contributed by atoms with van der Waals surface area (Å²) in [6.07, 6.45) is 6.66. The number of methoxy groups -OCH3 is 1. The molecule has 2 rings (SSSR count). The van der Waals surface area contributed by atoms with E-state index in [-0.39, 0.29) is 0 Å². The van der Waals surface area contributed by atoms with Crippen molar-refractivity contribution in [2.75, 3.05) is 43.6 Å². The largest absolute Gasteiger partial charge is 0.385 e. The van der Waals surface area contributed by atoms with Gasteiger partial charge >= 0.3 is 0 Å². The fraction of sp³-hybridized carbons (Fsp3) is 0.692. The predicted molar refractivity (Wildman–Crippen MR) is 73.1 cm³/mol. The molecule has 5 nitrogen and oxygen atoms in total. The van der Waals surface area contributed by atoms with Crippen molar-refractivity contribution >= 4 is 11.8 Å². The van der Waals surface area contributed by atoms with Gasteiger partial charge in [-0.1, -0.05) is 0 Å². The molecule has 18 heavy (non-hydrogen) atoms. The lowest BCUT2D eigenvalue weighted by Crippen LogP contribution is -2.30. The van der Waals surface area contributed by atoms with Crippen LogP contribution in [0.1, 0.15) is 25.7 Å². The highest BCUT2D eigenvalue weighted by atomic mass is 16.5. The highest BCUT2D eigenvalue weighted by Gasteiger charge is 2.12. The van der Waals surface area contributed by atoms with Crippen molar-refractivity contribution in [2.45, 2.75) is 25.7 Å². The van der Waals surface area contributed by atoms with Gasteiger partial charge in [0.25, 0.3) is 0 Å². The number of rotatable bonds is 6. The zero-order valence-electron chi connectivity index (χ0n) is 11.1. The Bertz CT molecular complexity index is 353. The molecule has 1 aliphatic heterocycles. The molecule has 1 saturated heterocycles. The normalized spacial score (nSPS) is 15.7. The summed E-state index contributed by atoms with van der Waals surface area (Å²) in [5.74, 6) is 1.76. The molecule has 0 radical (unpaired) electrons. The number of hydrogen-bond acceptors (Lipinski definition) is 5. The van der Waals surface area contributed by atoms with Crippen molar-refractivity contribution in [3.63, 3.8) is 0 Å². The van der Waals surface area contributed by atoms with Crippen molar-refractivity contribution < 1.29 is 4.74 Å². The molecule has 0 atom stereocenters. The van der Waals surface area contributed by atoms with Crippen LogP contribution in [0.25, 0.3) is 0 Å². The topological polar surface area (TPSA) is 50.3 Å². The van der Waals surface area contributed by atoms with Gasteiger partial charge in [-0.25, -0.2) is 4.98 Å². The summed E-state index contributed by atoms with van der Waals surface area (Å²) in [5.41, 5.74) is 0. The highest BCUT2D eigenvalue weighted by molar-refractivity contribution is 5.42. The molecule has 0 spiro atoms. The van der Waals surface area contributed by atoms with Crippen LogP contribution in [-0.2, 0) is 4.74 Å². The third kappa shape index (κ3) is 3.84. The lowest BCUT2D eigenvalue weighted by molar-refractivity contribution is 0.197. The van der Waals surface area contributed by atoms with Gasteiger partial charge in [-0.3, -0.25) is 0 Å². The molecule has 0 unspecified atom stereocenters. The Balaban J connectivity index is 1.88. The molecule has 1 aromatic rings. The van der Waals surface area contributed by atoms with Crippen LogP contribution in [-0.4, -0.2) is 43.3 Å². The van der Waals surface area contributed by atoms with Gasteiger partial charge in [0.15, 0.2) is 0 Å². The Hall–Kier alpha value is -1.36. The molecule has 2 heterocycles. The molecule has 0 aromatic carbocycles. The number of ether oxygens (including phenoxy) is 1. The third-order valence-corrected chi connectivity index (χ3v) is 3.13. The minimum absolute atomic E-state index is 0.717. The summed E-state index contributed by atoms with van der Waals surface area (Å²) in [6, 6.07) is 1.99. The average molecular weight is 250 g/mol. The Morgan fingerprint density at radius 3 is 2.94 bits per heavy atom. The number of nitrogens with one attached hydrogen (secondary N) is 1. The molecule has 1 N–H and O–H groups in total. The summed E-state index contributed by atoms with van der Waals surface area (Å²) in [7, 11) is 1.72. The first-order valence-corrected chi connectivity index (χ1v) is 6.71. The summed E-state index contributed by atoms with van der Waals surface area (Å²) in [6.45, 7) is 3.83. The van der Waals surface area contributed by atoms with Crippen LogP contribution in [0.15, 0.2) is 12.3 Å². The standard InChI is InChI=1S/C13H22N4O/c1-18-11-5-7-14-13-15-8-6-12(16-13)17-9-3-2-4-10-17/h6,8H,2-5,7,9-11H2,1H3,(H,14,15,16). The molecule has 0 amide bonds. The summed E-state index contributed by atoms with van der Waals surface area (Å²) < 4.78 is 5.01. The summed E-state index contributed by atoms with van der Waals surface area (Å²) in [5, 5.41) is 3.23. The van der Waals surface area contributed by atoms with Crippen molar-refractivity contribution in [3.05, 3.63) is 12.3 Å². The average Bonchev–Trinajstić information content (AvgIpc) is 2.45. The fourth-order valence-corrected chi connectivity index (χ4v) is 2.15. The minimum atomic E-state index is 0.717. The third-order valence-electron chi connectivity index (χ3n) is 3.13. The van der Waals surface area contributed by atoms with Gasteiger partial charge < -0.3 is 15.0 Å². The molecular weight excluding hydrogens is 228 g/mol. The predicted octanol–water partition coefficient (Wildman–Crippen LogP) is 1.92. The lowest BCUT2D eigenvalue weighted by atomic mass is 10.1. The number of anilines is 2. The summed E-state index contributed by atoms with van der Waals surface area (Å²) in [4.78, 5) is 11.1. The van der Waals surface area contributed by atoms with E-state index in [1.54, 1.807) is 7.11 Å². The number of piperidine rings is 1. The first-order valence-electron chi connectivity index (χ1n) is 6.71. The molecule has 0 bridgehead atoms. The van der Waals surface area contributed by atoms with Gasteiger partial charge in [-0.05, 0) is 31.7 Å². The van der Waals surface area contributed by atoms with Crippen LogP contribution >= 0.6 is 0 Å². The quantitative estimate of drug-likeness (QED) is 0.782. The van der Waals surface area contributed by atoms with Gasteiger partial charge in [0.2, 0.25) is 5.95 Å². The van der Waals surface area contributed by atoms with E-state index in [9.17, 15) is 0 Å². The molecule has 5 heteroatoms. The molecule has 100 valence electrons. The maximum atomic E-state index is 5.01. The van der Waals surface area contributed by atoms with E-state index in [1.165, 1.54) is 19.3 Å². The van der Waals surface area contributed by atoms with E-state index < -0.39 is 0 Å². The Morgan fingerprint density at radius 1 is 1.33 bits per heavy atom. The number of nitrogens with zero attached hydrogens (tertiary/aromatic N) is 3. The van der Waals surface area contributed by atoms with E-state index in [4.69, 9.17) is 4.74 Å². The van der Waals surface area contributed by atoms with Crippen LogP contribution in [0.2, 0.25) is 0 Å². The van der Waals surface area contributed by atoms with E-state index in [0.29, 0.717) is 5.95 Å². The maximum Gasteiger partial charge on any atom is 0.224 e. The monoisotopic (exact) mass is 250 g/mol. The Morgan fingerprint density at radius 2 is 2.17 bits per heavy atom. The number of hydrogen-bond donors (Lipinski definition) is 1. The van der Waals surface area contributed by atoms with E-state index in [0.717, 1.165) is 38.5 Å². The van der Waals surface area contributed by atoms with Gasteiger partial charge in [-0.15, -0.1) is 0 Å². The van der Waals surface area contributed by atoms with Crippen molar-refractivity contribution in [1.29, 1.82) is 0 Å². The van der Waals surface area contributed by atoms with Gasteiger partial charge in [0.05, 0.1) is 0 Å². The van der Waals surface area contributed by atoms with Crippen LogP contribution in [0.3, 0.4) is 0 Å².